The maximum Gasteiger partial charge on any atom is 0.167 e. The van der Waals surface area contributed by atoms with Crippen LogP contribution in [0.5, 0.6) is 5.75 Å². The number of carbonyl (C=O) groups is 1. The number of ketones is 1. The minimum absolute atomic E-state index is 0.00883. The van der Waals surface area contributed by atoms with E-state index < -0.39 is 0 Å². The Kier molecular flexibility index (Phi) is 4.29. The molecule has 0 unspecified atom stereocenters. The molecule has 0 saturated carbocycles. The quantitative estimate of drug-likeness (QED) is 0.688. The lowest BCUT2D eigenvalue weighted by Crippen LogP contribution is -2.07. The Labute approximate surface area is 89.1 Å². The number of rotatable bonds is 5. The molecule has 0 fully saturated rings. The first-order valence-corrected chi connectivity index (χ1v) is 4.59. The fourth-order valence-electron chi connectivity index (χ4n) is 1.03. The SMILES string of the molecule is C=CN=Cc1ccccc1OCC(C)=O. The highest BCUT2D eigenvalue weighted by molar-refractivity contribution is 5.84. The summed E-state index contributed by atoms with van der Waals surface area (Å²) >= 11 is 0. The van der Waals surface area contributed by atoms with Crippen LogP contribution in [0.1, 0.15) is 12.5 Å². The number of ether oxygens (including phenoxy) is 1. The highest BCUT2D eigenvalue weighted by Crippen LogP contribution is 2.15. The molecule has 0 heterocycles. The lowest BCUT2D eigenvalue weighted by molar-refractivity contribution is -0.118. The van der Waals surface area contributed by atoms with Crippen molar-refractivity contribution in [2.75, 3.05) is 6.61 Å². The minimum atomic E-state index is -0.00883. The van der Waals surface area contributed by atoms with E-state index in [-0.39, 0.29) is 12.4 Å². The van der Waals surface area contributed by atoms with Crippen molar-refractivity contribution in [3.63, 3.8) is 0 Å². The number of nitrogens with zero attached hydrogens (tertiary/aromatic N) is 1. The van der Waals surface area contributed by atoms with Gasteiger partial charge in [-0.3, -0.25) is 9.79 Å². The molecule has 0 spiro atoms. The summed E-state index contributed by atoms with van der Waals surface area (Å²) in [6, 6.07) is 7.39. The van der Waals surface area contributed by atoms with Crippen molar-refractivity contribution in [1.82, 2.24) is 0 Å². The van der Waals surface area contributed by atoms with Gasteiger partial charge in [0.1, 0.15) is 12.4 Å². The van der Waals surface area contributed by atoms with E-state index in [2.05, 4.69) is 11.6 Å². The summed E-state index contributed by atoms with van der Waals surface area (Å²) in [5, 5.41) is 0. The summed E-state index contributed by atoms with van der Waals surface area (Å²) in [5.41, 5.74) is 0.832. The summed E-state index contributed by atoms with van der Waals surface area (Å²) < 4.78 is 5.32. The highest BCUT2D eigenvalue weighted by Gasteiger charge is 2.01. The van der Waals surface area contributed by atoms with Gasteiger partial charge in [0.2, 0.25) is 0 Å². The number of para-hydroxylation sites is 1. The molecule has 0 radical (unpaired) electrons. The van der Waals surface area contributed by atoms with E-state index in [1.165, 1.54) is 13.1 Å². The Bertz CT molecular complexity index is 383. The normalized spacial score (nSPS) is 10.2. The van der Waals surface area contributed by atoms with Crippen LogP contribution in [0.2, 0.25) is 0 Å². The predicted molar refractivity (Wildman–Crippen MR) is 60.4 cm³/mol. The summed E-state index contributed by atoms with van der Waals surface area (Å²) in [6.45, 7) is 5.06. The molecule has 1 aromatic carbocycles. The lowest BCUT2D eigenvalue weighted by atomic mass is 10.2. The van der Waals surface area contributed by atoms with Gasteiger partial charge in [0.25, 0.3) is 0 Å². The van der Waals surface area contributed by atoms with E-state index in [0.29, 0.717) is 5.75 Å². The van der Waals surface area contributed by atoms with E-state index in [0.717, 1.165) is 5.56 Å². The van der Waals surface area contributed by atoms with Crippen LogP contribution in [0, 0.1) is 0 Å². The maximum absolute atomic E-state index is 10.8. The van der Waals surface area contributed by atoms with E-state index in [1.54, 1.807) is 12.3 Å². The van der Waals surface area contributed by atoms with Crippen LogP contribution in [0.15, 0.2) is 42.0 Å². The van der Waals surface area contributed by atoms with Gasteiger partial charge in [-0.15, -0.1) is 0 Å². The molecule has 1 rings (SSSR count). The van der Waals surface area contributed by atoms with Gasteiger partial charge in [0.05, 0.1) is 0 Å². The average Bonchev–Trinajstić information content (AvgIpc) is 2.24. The molecule has 0 aliphatic heterocycles. The number of hydrogen-bond acceptors (Lipinski definition) is 3. The van der Waals surface area contributed by atoms with Gasteiger partial charge >= 0.3 is 0 Å². The number of hydrogen-bond donors (Lipinski definition) is 0. The summed E-state index contributed by atoms with van der Waals surface area (Å²) in [6.07, 6.45) is 3.09. The van der Waals surface area contributed by atoms with Crippen LogP contribution in [-0.4, -0.2) is 18.6 Å². The number of benzene rings is 1. The maximum atomic E-state index is 10.8. The Morgan fingerprint density at radius 2 is 2.27 bits per heavy atom. The zero-order chi connectivity index (χ0) is 11.1. The molecule has 1 aromatic rings. The molecule has 15 heavy (non-hydrogen) atoms. The Balaban J connectivity index is 2.81. The van der Waals surface area contributed by atoms with Crippen LogP contribution < -0.4 is 4.74 Å². The van der Waals surface area contributed by atoms with E-state index in [4.69, 9.17) is 4.74 Å². The van der Waals surface area contributed by atoms with Gasteiger partial charge in [-0.1, -0.05) is 18.7 Å². The van der Waals surface area contributed by atoms with Crippen molar-refractivity contribution in [2.24, 2.45) is 4.99 Å². The van der Waals surface area contributed by atoms with Gasteiger partial charge in [-0.2, -0.15) is 0 Å². The van der Waals surface area contributed by atoms with Crippen molar-refractivity contribution in [2.45, 2.75) is 6.92 Å². The van der Waals surface area contributed by atoms with Gasteiger partial charge in [-0.25, -0.2) is 0 Å². The van der Waals surface area contributed by atoms with Gasteiger partial charge < -0.3 is 4.74 Å². The fourth-order valence-corrected chi connectivity index (χ4v) is 1.03. The first-order chi connectivity index (χ1) is 7.24. The largest absolute Gasteiger partial charge is 0.485 e. The van der Waals surface area contributed by atoms with Crippen LogP contribution in [0.25, 0.3) is 0 Å². The number of aliphatic imine (C=N–C) groups is 1. The molecule has 78 valence electrons. The third-order valence-electron chi connectivity index (χ3n) is 1.67. The van der Waals surface area contributed by atoms with Crippen molar-refractivity contribution >= 4 is 12.0 Å². The second kappa shape index (κ2) is 5.75. The second-order valence-electron chi connectivity index (χ2n) is 2.99. The van der Waals surface area contributed by atoms with Gasteiger partial charge in [0.15, 0.2) is 5.78 Å². The van der Waals surface area contributed by atoms with E-state index >= 15 is 0 Å². The molecular formula is C12H13NO2. The molecule has 0 amide bonds. The first-order valence-electron chi connectivity index (χ1n) is 4.59. The Morgan fingerprint density at radius 1 is 1.53 bits per heavy atom. The monoisotopic (exact) mass is 203 g/mol. The molecule has 0 aromatic heterocycles. The van der Waals surface area contributed by atoms with Crippen LogP contribution >= 0.6 is 0 Å². The molecule has 0 N–H and O–H groups in total. The summed E-state index contributed by atoms with van der Waals surface area (Å²) in [7, 11) is 0. The zero-order valence-electron chi connectivity index (χ0n) is 8.64. The standard InChI is InChI=1S/C12H13NO2/c1-3-13-8-11-6-4-5-7-12(11)15-9-10(2)14/h3-8H,1,9H2,2H3. The summed E-state index contributed by atoms with van der Waals surface area (Å²) in [5.74, 6) is 0.642. The van der Waals surface area contributed by atoms with Crippen LogP contribution in [0.3, 0.4) is 0 Å². The van der Waals surface area contributed by atoms with Crippen LogP contribution in [-0.2, 0) is 4.79 Å². The minimum Gasteiger partial charge on any atom is -0.485 e. The van der Waals surface area contributed by atoms with Crippen molar-refractivity contribution in [1.29, 1.82) is 0 Å². The van der Waals surface area contributed by atoms with E-state index in [9.17, 15) is 4.79 Å². The molecule has 3 nitrogen and oxygen atoms in total. The molecule has 0 atom stereocenters. The Morgan fingerprint density at radius 3 is 2.93 bits per heavy atom. The average molecular weight is 203 g/mol. The Hall–Kier alpha value is -1.90. The van der Waals surface area contributed by atoms with Gasteiger partial charge in [0, 0.05) is 18.0 Å². The molecule has 0 saturated heterocycles. The smallest absolute Gasteiger partial charge is 0.167 e. The van der Waals surface area contributed by atoms with Crippen LogP contribution in [0.4, 0.5) is 0 Å². The summed E-state index contributed by atoms with van der Waals surface area (Å²) in [4.78, 5) is 14.7. The van der Waals surface area contributed by atoms with E-state index in [1.807, 2.05) is 18.2 Å². The third kappa shape index (κ3) is 3.77. The second-order valence-corrected chi connectivity index (χ2v) is 2.99. The van der Waals surface area contributed by atoms with Crippen molar-refractivity contribution in [3.8, 4) is 5.75 Å². The molecular weight excluding hydrogens is 190 g/mol. The zero-order valence-corrected chi connectivity index (χ0v) is 8.64. The lowest BCUT2D eigenvalue weighted by Gasteiger charge is -2.06. The highest BCUT2D eigenvalue weighted by atomic mass is 16.5. The van der Waals surface area contributed by atoms with Crippen molar-refractivity contribution < 1.29 is 9.53 Å². The van der Waals surface area contributed by atoms with Crippen molar-refractivity contribution in [3.05, 3.63) is 42.6 Å². The molecule has 3 heteroatoms. The van der Waals surface area contributed by atoms with Gasteiger partial charge in [-0.05, 0) is 19.1 Å². The fraction of sp³-hybridized carbons (Fsp3) is 0.167. The number of carbonyl (C=O) groups excluding carboxylic acids is 1. The molecule has 0 aliphatic rings. The molecule has 0 bridgehead atoms. The topological polar surface area (TPSA) is 38.7 Å². The molecule has 0 aliphatic carbocycles. The first kappa shape index (κ1) is 11.2. The number of Topliss-reactive ketones (excluding diaryl/α,β-unsaturated/α-hetero) is 1. The third-order valence-corrected chi connectivity index (χ3v) is 1.67. The predicted octanol–water partition coefficient (Wildman–Crippen LogP) is 2.22.